The molecule has 3 rings (SSSR count). The summed E-state index contributed by atoms with van der Waals surface area (Å²) in [6.07, 6.45) is 5.92. The van der Waals surface area contributed by atoms with E-state index in [0.717, 1.165) is 44.8 Å². The van der Waals surface area contributed by atoms with Crippen molar-refractivity contribution in [2.45, 2.75) is 26.3 Å². The van der Waals surface area contributed by atoms with Gasteiger partial charge in [-0.25, -0.2) is 0 Å². The molecule has 2 aromatic rings. The number of carbonyl (C=O) groups is 1. The zero-order chi connectivity index (χ0) is 18.2. The van der Waals surface area contributed by atoms with Gasteiger partial charge in [-0.05, 0) is 68.6 Å². The number of aromatic nitrogens is 1. The summed E-state index contributed by atoms with van der Waals surface area (Å²) in [7, 11) is 0. The Hall–Kier alpha value is -2.40. The summed E-state index contributed by atoms with van der Waals surface area (Å²) in [5.41, 5.74) is 2.48. The lowest BCUT2D eigenvalue weighted by Gasteiger charge is -2.32. The van der Waals surface area contributed by atoms with E-state index in [-0.39, 0.29) is 12.5 Å². The van der Waals surface area contributed by atoms with Crippen molar-refractivity contribution in [1.29, 1.82) is 0 Å². The molecule has 0 radical (unpaired) electrons. The number of hydrogen-bond donors (Lipinski definition) is 1. The van der Waals surface area contributed by atoms with Crippen LogP contribution in [0.1, 0.15) is 24.0 Å². The minimum absolute atomic E-state index is 0.0511. The Morgan fingerprint density at radius 1 is 1.15 bits per heavy atom. The molecule has 1 aromatic carbocycles. The fourth-order valence-corrected chi connectivity index (χ4v) is 3.19. The number of benzene rings is 1. The van der Waals surface area contributed by atoms with Crippen molar-refractivity contribution in [3.05, 3.63) is 59.9 Å². The number of nitrogens with one attached hydrogen (secondary N) is 1. The first-order valence-electron chi connectivity index (χ1n) is 9.26. The maximum Gasteiger partial charge on any atom is 0.257 e. The predicted octanol–water partition coefficient (Wildman–Crippen LogP) is 2.80. The predicted molar refractivity (Wildman–Crippen MR) is 102 cm³/mol. The average Bonchev–Trinajstić information content (AvgIpc) is 2.68. The molecule has 1 saturated heterocycles. The third-order valence-electron chi connectivity index (χ3n) is 4.84. The third kappa shape index (κ3) is 5.85. The lowest BCUT2D eigenvalue weighted by Crippen LogP contribution is -2.39. The molecule has 5 heteroatoms. The molecule has 0 aliphatic carbocycles. The highest BCUT2D eigenvalue weighted by Crippen LogP contribution is 2.18. The monoisotopic (exact) mass is 353 g/mol. The molecule has 1 aliphatic rings. The number of likely N-dealkylation sites (tertiary alicyclic amines) is 1. The van der Waals surface area contributed by atoms with Crippen LogP contribution >= 0.6 is 0 Å². The minimum atomic E-state index is -0.0511. The number of hydrogen-bond acceptors (Lipinski definition) is 4. The van der Waals surface area contributed by atoms with Crippen LogP contribution in [-0.2, 0) is 11.3 Å². The summed E-state index contributed by atoms with van der Waals surface area (Å²) in [4.78, 5) is 18.5. The van der Waals surface area contributed by atoms with Crippen LogP contribution in [0.15, 0.2) is 48.8 Å². The lowest BCUT2D eigenvalue weighted by atomic mass is 9.96. The van der Waals surface area contributed by atoms with Crippen LogP contribution in [0.5, 0.6) is 5.75 Å². The first kappa shape index (κ1) is 18.4. The second-order valence-corrected chi connectivity index (χ2v) is 6.98. The number of pyridine rings is 1. The number of piperidine rings is 1. The quantitative estimate of drug-likeness (QED) is 0.832. The lowest BCUT2D eigenvalue weighted by molar-refractivity contribution is -0.123. The molecular formula is C21H27N3O2. The van der Waals surface area contributed by atoms with Gasteiger partial charge in [-0.3, -0.25) is 14.7 Å². The maximum absolute atomic E-state index is 12.0. The summed E-state index contributed by atoms with van der Waals surface area (Å²) in [6.45, 7) is 5.96. The third-order valence-corrected chi connectivity index (χ3v) is 4.84. The van der Waals surface area contributed by atoms with E-state index in [4.69, 9.17) is 4.74 Å². The number of nitrogens with zero attached hydrogens (tertiary/aromatic N) is 2. The molecular weight excluding hydrogens is 326 g/mol. The van der Waals surface area contributed by atoms with E-state index in [1.54, 1.807) is 0 Å². The van der Waals surface area contributed by atoms with Crippen molar-refractivity contribution in [2.75, 3.05) is 26.2 Å². The average molecular weight is 353 g/mol. The van der Waals surface area contributed by atoms with Crippen LogP contribution in [0.4, 0.5) is 0 Å². The highest BCUT2D eigenvalue weighted by molar-refractivity contribution is 5.77. The van der Waals surface area contributed by atoms with Crippen LogP contribution in [0, 0.1) is 12.8 Å². The van der Waals surface area contributed by atoms with Gasteiger partial charge in [0.05, 0.1) is 0 Å². The summed E-state index contributed by atoms with van der Waals surface area (Å²) in [6, 6.07) is 11.9. The number of aryl methyl sites for hydroxylation is 1. The number of amides is 1. The van der Waals surface area contributed by atoms with Crippen molar-refractivity contribution in [3.63, 3.8) is 0 Å². The molecule has 0 atom stereocenters. The second-order valence-electron chi connectivity index (χ2n) is 6.98. The molecule has 1 aliphatic heterocycles. The molecule has 1 N–H and O–H groups in total. The summed E-state index contributed by atoms with van der Waals surface area (Å²) in [5.74, 6) is 1.23. The zero-order valence-electron chi connectivity index (χ0n) is 15.4. The fraction of sp³-hybridized carbons (Fsp3) is 0.429. The number of carbonyl (C=O) groups excluding carboxylic acids is 1. The Bertz CT molecular complexity index is 680. The van der Waals surface area contributed by atoms with Crippen molar-refractivity contribution in [1.82, 2.24) is 15.2 Å². The van der Waals surface area contributed by atoms with Crippen molar-refractivity contribution >= 4 is 5.91 Å². The van der Waals surface area contributed by atoms with Crippen molar-refractivity contribution in [3.8, 4) is 5.75 Å². The van der Waals surface area contributed by atoms with Gasteiger partial charge in [0, 0.05) is 25.5 Å². The second kappa shape index (κ2) is 9.34. The first-order valence-corrected chi connectivity index (χ1v) is 9.26. The van der Waals surface area contributed by atoms with E-state index in [1.165, 1.54) is 11.1 Å². The molecule has 1 aromatic heterocycles. The minimum Gasteiger partial charge on any atom is -0.484 e. The Balaban J connectivity index is 1.32. The zero-order valence-corrected chi connectivity index (χ0v) is 15.4. The molecule has 5 nitrogen and oxygen atoms in total. The molecule has 2 heterocycles. The Labute approximate surface area is 155 Å². The molecule has 0 unspecified atom stereocenters. The maximum atomic E-state index is 12.0. The Morgan fingerprint density at radius 2 is 1.85 bits per heavy atom. The fourth-order valence-electron chi connectivity index (χ4n) is 3.19. The van der Waals surface area contributed by atoms with E-state index in [1.807, 2.05) is 43.6 Å². The number of ether oxygens (including phenoxy) is 1. The Morgan fingerprint density at radius 3 is 2.54 bits per heavy atom. The molecule has 0 bridgehead atoms. The SMILES string of the molecule is Cc1ccc(OCC(=O)NCC2CCN(Cc3ccncc3)CC2)cc1. The molecule has 0 saturated carbocycles. The molecule has 0 spiro atoms. The largest absolute Gasteiger partial charge is 0.484 e. The van der Waals surface area contributed by atoms with Gasteiger partial charge in [0.2, 0.25) is 0 Å². The van der Waals surface area contributed by atoms with E-state index >= 15 is 0 Å². The van der Waals surface area contributed by atoms with Crippen LogP contribution in [0.3, 0.4) is 0 Å². The standard InChI is InChI=1S/C21H27N3O2/c1-17-2-4-20(5-3-17)26-16-21(25)23-14-18-8-12-24(13-9-18)15-19-6-10-22-11-7-19/h2-7,10-11,18H,8-9,12-16H2,1H3,(H,23,25). The van der Waals surface area contributed by atoms with Gasteiger partial charge in [0.25, 0.3) is 5.91 Å². The number of rotatable bonds is 7. The van der Waals surface area contributed by atoms with E-state index in [9.17, 15) is 4.79 Å². The van der Waals surface area contributed by atoms with E-state index < -0.39 is 0 Å². The van der Waals surface area contributed by atoms with Gasteiger partial charge >= 0.3 is 0 Å². The van der Waals surface area contributed by atoms with Crippen molar-refractivity contribution in [2.24, 2.45) is 5.92 Å². The smallest absolute Gasteiger partial charge is 0.257 e. The molecule has 138 valence electrons. The van der Waals surface area contributed by atoms with Crippen LogP contribution in [-0.4, -0.2) is 42.0 Å². The normalized spacial score (nSPS) is 15.6. The summed E-state index contributed by atoms with van der Waals surface area (Å²) >= 11 is 0. The van der Waals surface area contributed by atoms with E-state index in [2.05, 4.69) is 27.3 Å². The van der Waals surface area contributed by atoms with Crippen LogP contribution < -0.4 is 10.1 Å². The van der Waals surface area contributed by atoms with Gasteiger partial charge in [-0.1, -0.05) is 17.7 Å². The molecule has 26 heavy (non-hydrogen) atoms. The van der Waals surface area contributed by atoms with Gasteiger partial charge < -0.3 is 10.1 Å². The highest BCUT2D eigenvalue weighted by Gasteiger charge is 2.19. The van der Waals surface area contributed by atoms with Crippen molar-refractivity contribution < 1.29 is 9.53 Å². The highest BCUT2D eigenvalue weighted by atomic mass is 16.5. The Kier molecular flexibility index (Phi) is 6.61. The van der Waals surface area contributed by atoms with Crippen LogP contribution in [0.2, 0.25) is 0 Å². The van der Waals surface area contributed by atoms with Gasteiger partial charge in [0.1, 0.15) is 5.75 Å². The van der Waals surface area contributed by atoms with Gasteiger partial charge in [-0.15, -0.1) is 0 Å². The van der Waals surface area contributed by atoms with E-state index in [0.29, 0.717) is 5.92 Å². The van der Waals surface area contributed by atoms with Crippen LogP contribution in [0.25, 0.3) is 0 Å². The summed E-state index contributed by atoms with van der Waals surface area (Å²) in [5, 5.41) is 3.01. The topological polar surface area (TPSA) is 54.5 Å². The van der Waals surface area contributed by atoms with Gasteiger partial charge in [0.15, 0.2) is 6.61 Å². The molecule has 1 amide bonds. The first-order chi connectivity index (χ1) is 12.7. The summed E-state index contributed by atoms with van der Waals surface area (Å²) < 4.78 is 5.52. The van der Waals surface area contributed by atoms with Gasteiger partial charge in [-0.2, -0.15) is 0 Å². The molecule has 1 fully saturated rings.